The van der Waals surface area contributed by atoms with Crippen molar-refractivity contribution in [3.8, 4) is 0 Å². The molecule has 1 aromatic heterocycles. The van der Waals surface area contributed by atoms with E-state index in [9.17, 15) is 8.78 Å². The number of hydrogen-bond acceptors (Lipinski definition) is 3. The molecular weight excluding hydrogens is 240 g/mol. The van der Waals surface area contributed by atoms with Gasteiger partial charge in [-0.3, -0.25) is 4.99 Å². The highest BCUT2D eigenvalue weighted by Gasteiger charge is 2.22. The van der Waals surface area contributed by atoms with E-state index in [1.165, 1.54) is 12.3 Å². The van der Waals surface area contributed by atoms with Gasteiger partial charge in [0.25, 0.3) is 6.43 Å². The zero-order chi connectivity index (χ0) is 13.0. The summed E-state index contributed by atoms with van der Waals surface area (Å²) in [5.41, 5.74) is -0.257. The predicted molar refractivity (Wildman–Crippen MR) is 63.3 cm³/mol. The standard InChI is InChI=1S/C11H15F2N5/c1-14-11(17-7-2-3-7)16-6-9-15-5-4-8(18-9)10(12)13/h4-5,7,10H,2-3,6H2,1H3,(H2,14,16,17). The SMILES string of the molecule is CN=C(NCc1nccc(C(F)F)n1)NC1CC1. The fraction of sp³-hybridized carbons (Fsp3) is 0.545. The van der Waals surface area contributed by atoms with Gasteiger partial charge >= 0.3 is 0 Å². The fourth-order valence-electron chi connectivity index (χ4n) is 1.40. The second-order valence-corrected chi connectivity index (χ2v) is 4.04. The molecule has 0 saturated heterocycles. The molecule has 98 valence electrons. The Morgan fingerprint density at radius 2 is 2.33 bits per heavy atom. The van der Waals surface area contributed by atoms with Gasteiger partial charge in [0.15, 0.2) is 5.96 Å². The summed E-state index contributed by atoms with van der Waals surface area (Å²) in [5.74, 6) is 0.968. The van der Waals surface area contributed by atoms with Crippen LogP contribution in [0.15, 0.2) is 17.3 Å². The molecular formula is C11H15F2N5. The number of halogens is 2. The smallest absolute Gasteiger partial charge is 0.280 e. The fourth-order valence-corrected chi connectivity index (χ4v) is 1.40. The van der Waals surface area contributed by atoms with Gasteiger partial charge in [0, 0.05) is 19.3 Å². The van der Waals surface area contributed by atoms with E-state index in [-0.39, 0.29) is 12.2 Å². The number of rotatable bonds is 4. The van der Waals surface area contributed by atoms with Crippen LogP contribution < -0.4 is 10.6 Å². The lowest BCUT2D eigenvalue weighted by atomic mass is 10.4. The molecule has 1 heterocycles. The van der Waals surface area contributed by atoms with Crippen LogP contribution >= 0.6 is 0 Å². The lowest BCUT2D eigenvalue weighted by molar-refractivity contribution is 0.145. The van der Waals surface area contributed by atoms with Crippen molar-refractivity contribution in [1.29, 1.82) is 0 Å². The Kier molecular flexibility index (Phi) is 4.01. The van der Waals surface area contributed by atoms with Crippen molar-refractivity contribution in [2.45, 2.75) is 31.9 Å². The number of aliphatic imine (C=N–C) groups is 1. The van der Waals surface area contributed by atoms with Crippen molar-refractivity contribution in [2.75, 3.05) is 7.05 Å². The molecule has 0 aliphatic heterocycles. The number of nitrogens with one attached hydrogen (secondary N) is 2. The van der Waals surface area contributed by atoms with E-state index >= 15 is 0 Å². The summed E-state index contributed by atoms with van der Waals surface area (Å²) in [7, 11) is 1.66. The summed E-state index contributed by atoms with van der Waals surface area (Å²) in [4.78, 5) is 11.7. The monoisotopic (exact) mass is 255 g/mol. The first-order valence-electron chi connectivity index (χ1n) is 5.76. The quantitative estimate of drug-likeness (QED) is 0.627. The Hall–Kier alpha value is -1.79. The van der Waals surface area contributed by atoms with E-state index in [0.29, 0.717) is 17.8 Å². The van der Waals surface area contributed by atoms with Crippen molar-refractivity contribution < 1.29 is 8.78 Å². The Balaban J connectivity index is 1.90. The summed E-state index contributed by atoms with van der Waals surface area (Å²) >= 11 is 0. The zero-order valence-electron chi connectivity index (χ0n) is 10.0. The summed E-state index contributed by atoms with van der Waals surface area (Å²) in [6, 6.07) is 1.69. The Morgan fingerprint density at radius 3 is 2.94 bits per heavy atom. The topological polar surface area (TPSA) is 62.2 Å². The Morgan fingerprint density at radius 1 is 1.56 bits per heavy atom. The lowest BCUT2D eigenvalue weighted by Crippen LogP contribution is -2.38. The van der Waals surface area contributed by atoms with E-state index in [1.807, 2.05) is 0 Å². The lowest BCUT2D eigenvalue weighted by Gasteiger charge is -2.10. The van der Waals surface area contributed by atoms with E-state index in [4.69, 9.17) is 0 Å². The second-order valence-electron chi connectivity index (χ2n) is 4.04. The van der Waals surface area contributed by atoms with Gasteiger partial charge in [-0.2, -0.15) is 0 Å². The van der Waals surface area contributed by atoms with E-state index in [2.05, 4.69) is 25.6 Å². The second kappa shape index (κ2) is 5.70. The van der Waals surface area contributed by atoms with Gasteiger partial charge in [-0.1, -0.05) is 0 Å². The number of hydrogen-bond donors (Lipinski definition) is 2. The van der Waals surface area contributed by atoms with Crippen LogP contribution in [0.4, 0.5) is 8.78 Å². The molecule has 0 atom stereocenters. The number of nitrogens with zero attached hydrogens (tertiary/aromatic N) is 3. The number of alkyl halides is 2. The van der Waals surface area contributed by atoms with Gasteiger partial charge in [-0.25, -0.2) is 18.7 Å². The molecule has 1 aliphatic carbocycles. The third kappa shape index (κ3) is 3.61. The molecule has 1 saturated carbocycles. The zero-order valence-corrected chi connectivity index (χ0v) is 10.0. The molecule has 0 amide bonds. The molecule has 0 aromatic carbocycles. The first-order chi connectivity index (χ1) is 8.69. The van der Waals surface area contributed by atoms with E-state index in [1.54, 1.807) is 7.05 Å². The molecule has 0 unspecified atom stereocenters. The minimum atomic E-state index is -2.57. The minimum Gasteiger partial charge on any atom is -0.354 e. The van der Waals surface area contributed by atoms with Gasteiger partial charge < -0.3 is 10.6 Å². The number of aromatic nitrogens is 2. The van der Waals surface area contributed by atoms with Crippen molar-refractivity contribution >= 4 is 5.96 Å². The van der Waals surface area contributed by atoms with Crippen LogP contribution in [0.1, 0.15) is 30.8 Å². The first kappa shape index (κ1) is 12.7. The third-order valence-corrected chi connectivity index (χ3v) is 2.51. The summed E-state index contributed by atoms with van der Waals surface area (Å²) < 4.78 is 24.9. The molecule has 1 aliphatic rings. The van der Waals surface area contributed by atoms with Crippen molar-refractivity contribution in [3.05, 3.63) is 23.8 Å². The van der Waals surface area contributed by atoms with Crippen LogP contribution in [0.5, 0.6) is 0 Å². The highest BCUT2D eigenvalue weighted by atomic mass is 19.3. The van der Waals surface area contributed by atoms with Gasteiger partial charge in [0.1, 0.15) is 11.5 Å². The van der Waals surface area contributed by atoms with E-state index in [0.717, 1.165) is 12.8 Å². The number of guanidine groups is 1. The van der Waals surface area contributed by atoms with Gasteiger partial charge in [-0.05, 0) is 18.9 Å². The highest BCUT2D eigenvalue weighted by Crippen LogP contribution is 2.18. The van der Waals surface area contributed by atoms with E-state index < -0.39 is 6.43 Å². The maximum Gasteiger partial charge on any atom is 0.280 e. The Bertz CT molecular complexity index is 431. The maximum absolute atomic E-state index is 12.4. The first-order valence-corrected chi connectivity index (χ1v) is 5.76. The van der Waals surface area contributed by atoms with Crippen LogP contribution in [0.25, 0.3) is 0 Å². The average molecular weight is 255 g/mol. The summed E-state index contributed by atoms with van der Waals surface area (Å²) in [6.07, 6.45) is 1.04. The average Bonchev–Trinajstić information content (AvgIpc) is 3.18. The van der Waals surface area contributed by atoms with Gasteiger partial charge in [0.2, 0.25) is 0 Å². The van der Waals surface area contributed by atoms with Crippen LogP contribution in [-0.4, -0.2) is 29.0 Å². The molecule has 18 heavy (non-hydrogen) atoms. The highest BCUT2D eigenvalue weighted by molar-refractivity contribution is 5.80. The van der Waals surface area contributed by atoms with Gasteiger partial charge in [-0.15, -0.1) is 0 Å². The van der Waals surface area contributed by atoms with Crippen molar-refractivity contribution in [1.82, 2.24) is 20.6 Å². The van der Waals surface area contributed by atoms with Crippen molar-refractivity contribution in [2.24, 2.45) is 4.99 Å². The molecule has 2 rings (SSSR count). The Labute approximate surface area is 104 Å². The van der Waals surface area contributed by atoms with Crippen molar-refractivity contribution in [3.63, 3.8) is 0 Å². The molecule has 0 radical (unpaired) electrons. The summed E-state index contributed by atoms with van der Waals surface area (Å²) in [6.45, 7) is 0.271. The molecule has 0 spiro atoms. The molecule has 0 bridgehead atoms. The molecule has 5 nitrogen and oxygen atoms in total. The van der Waals surface area contributed by atoms with Crippen LogP contribution in [-0.2, 0) is 6.54 Å². The molecule has 1 fully saturated rings. The van der Waals surface area contributed by atoms with Crippen LogP contribution in [0.3, 0.4) is 0 Å². The largest absolute Gasteiger partial charge is 0.354 e. The summed E-state index contributed by atoms with van der Waals surface area (Å²) in [5, 5.41) is 6.18. The normalized spacial score (nSPS) is 15.9. The maximum atomic E-state index is 12.4. The molecule has 2 N–H and O–H groups in total. The third-order valence-electron chi connectivity index (χ3n) is 2.51. The predicted octanol–water partition coefficient (Wildman–Crippen LogP) is 1.24. The van der Waals surface area contributed by atoms with Crippen LogP contribution in [0, 0.1) is 0 Å². The van der Waals surface area contributed by atoms with Gasteiger partial charge in [0.05, 0.1) is 6.54 Å². The molecule has 7 heteroatoms. The van der Waals surface area contributed by atoms with Crippen LogP contribution in [0.2, 0.25) is 0 Å². The molecule has 1 aromatic rings. The minimum absolute atomic E-state index is 0.257.